The van der Waals surface area contributed by atoms with E-state index < -0.39 is 5.54 Å². The van der Waals surface area contributed by atoms with Gasteiger partial charge in [-0.25, -0.2) is 0 Å². The second-order valence-corrected chi connectivity index (χ2v) is 12.1. The SMILES string of the molecule is Cc1ccccc1C(=O)N1CCC2(CC1)C(=O)N(CC(=O)N1CCC(Cc3ccccc3)CC1)CN2c1ccccc1. The molecule has 3 fully saturated rings. The molecule has 3 aromatic rings. The van der Waals surface area contributed by atoms with Crippen molar-refractivity contribution in [2.45, 2.75) is 44.6 Å². The predicted molar refractivity (Wildman–Crippen MR) is 164 cm³/mol. The van der Waals surface area contributed by atoms with E-state index in [1.807, 2.05) is 77.4 Å². The number of benzene rings is 3. The topological polar surface area (TPSA) is 64.2 Å². The van der Waals surface area contributed by atoms with Crippen molar-refractivity contribution < 1.29 is 14.4 Å². The van der Waals surface area contributed by atoms with Crippen LogP contribution in [0.4, 0.5) is 5.69 Å². The summed E-state index contributed by atoms with van der Waals surface area (Å²) in [6.07, 6.45) is 4.09. The van der Waals surface area contributed by atoms with Crippen LogP contribution in [0.1, 0.15) is 47.2 Å². The molecule has 3 saturated heterocycles. The van der Waals surface area contributed by atoms with Gasteiger partial charge < -0.3 is 19.6 Å². The molecule has 3 aromatic carbocycles. The van der Waals surface area contributed by atoms with E-state index in [4.69, 9.17) is 0 Å². The van der Waals surface area contributed by atoms with Gasteiger partial charge in [0.15, 0.2) is 0 Å². The Balaban J connectivity index is 1.12. The first kappa shape index (κ1) is 28.0. The number of hydrogen-bond donors (Lipinski definition) is 0. The Morgan fingerprint density at radius 1 is 0.786 bits per heavy atom. The second-order valence-electron chi connectivity index (χ2n) is 12.1. The van der Waals surface area contributed by atoms with Crippen molar-refractivity contribution in [2.75, 3.05) is 44.3 Å². The van der Waals surface area contributed by atoms with Crippen LogP contribution < -0.4 is 4.90 Å². The van der Waals surface area contributed by atoms with E-state index in [1.165, 1.54) is 5.56 Å². The van der Waals surface area contributed by atoms with Crippen molar-refractivity contribution in [1.82, 2.24) is 14.7 Å². The van der Waals surface area contributed by atoms with Gasteiger partial charge in [-0.05, 0) is 74.3 Å². The minimum Gasteiger partial charge on any atom is -0.341 e. The number of amides is 3. The average Bonchev–Trinajstić information content (AvgIpc) is 3.28. The van der Waals surface area contributed by atoms with Crippen LogP contribution in [0.5, 0.6) is 0 Å². The zero-order valence-corrected chi connectivity index (χ0v) is 24.5. The van der Waals surface area contributed by atoms with Gasteiger partial charge in [0.25, 0.3) is 11.8 Å². The first-order valence-corrected chi connectivity index (χ1v) is 15.2. The fourth-order valence-electron chi connectivity index (χ4n) is 6.98. The molecule has 0 bridgehead atoms. The Morgan fingerprint density at radius 3 is 2.07 bits per heavy atom. The second kappa shape index (κ2) is 12.0. The Bertz CT molecular complexity index is 1410. The number of anilines is 1. The summed E-state index contributed by atoms with van der Waals surface area (Å²) >= 11 is 0. The summed E-state index contributed by atoms with van der Waals surface area (Å²) in [5.74, 6) is 0.622. The van der Waals surface area contributed by atoms with Gasteiger partial charge in [0.05, 0.1) is 6.67 Å². The van der Waals surface area contributed by atoms with Gasteiger partial charge in [-0.2, -0.15) is 0 Å². The highest BCUT2D eigenvalue weighted by molar-refractivity contribution is 5.98. The van der Waals surface area contributed by atoms with Crippen LogP contribution in [0.15, 0.2) is 84.9 Å². The maximum atomic E-state index is 14.2. The molecule has 7 nitrogen and oxygen atoms in total. The molecule has 218 valence electrons. The van der Waals surface area contributed by atoms with E-state index in [2.05, 4.69) is 29.2 Å². The van der Waals surface area contributed by atoms with Crippen molar-refractivity contribution >= 4 is 23.4 Å². The predicted octanol–water partition coefficient (Wildman–Crippen LogP) is 4.76. The van der Waals surface area contributed by atoms with Gasteiger partial charge in [-0.1, -0.05) is 66.7 Å². The summed E-state index contributed by atoms with van der Waals surface area (Å²) in [6.45, 7) is 4.91. The number of carbonyl (C=O) groups excluding carboxylic acids is 3. The van der Waals surface area contributed by atoms with Gasteiger partial charge in [0.2, 0.25) is 5.91 Å². The van der Waals surface area contributed by atoms with E-state index in [9.17, 15) is 14.4 Å². The van der Waals surface area contributed by atoms with Gasteiger partial charge >= 0.3 is 0 Å². The van der Waals surface area contributed by atoms with E-state index in [0.29, 0.717) is 44.1 Å². The lowest BCUT2D eigenvalue weighted by Gasteiger charge is -2.43. The Morgan fingerprint density at radius 2 is 1.40 bits per heavy atom. The van der Waals surface area contributed by atoms with Crippen molar-refractivity contribution in [3.05, 3.63) is 102 Å². The van der Waals surface area contributed by atoms with Crippen LogP contribution in [0.25, 0.3) is 0 Å². The van der Waals surface area contributed by atoms with Gasteiger partial charge in [-0.3, -0.25) is 14.4 Å². The number of piperidine rings is 2. The standard InChI is InChI=1S/C35H40N4O3/c1-27-10-8-9-15-31(27)33(41)37-22-18-35(19-23-37)34(42)38(26-39(35)30-13-6-3-7-14-30)25-32(40)36-20-16-29(17-21-36)24-28-11-4-2-5-12-28/h2-15,29H,16-26H2,1H3. The van der Waals surface area contributed by atoms with Crippen LogP contribution >= 0.6 is 0 Å². The number of rotatable bonds is 6. The molecule has 42 heavy (non-hydrogen) atoms. The molecular weight excluding hydrogens is 524 g/mol. The van der Waals surface area contributed by atoms with Gasteiger partial charge in [0.1, 0.15) is 12.1 Å². The molecular formula is C35H40N4O3. The normalized spacial score (nSPS) is 19.0. The van der Waals surface area contributed by atoms with Crippen LogP contribution in [0.3, 0.4) is 0 Å². The maximum absolute atomic E-state index is 14.2. The van der Waals surface area contributed by atoms with E-state index in [-0.39, 0.29) is 24.3 Å². The first-order chi connectivity index (χ1) is 20.4. The fraction of sp³-hybridized carbons (Fsp3) is 0.400. The van der Waals surface area contributed by atoms with E-state index in [0.717, 1.165) is 43.6 Å². The minimum absolute atomic E-state index is 0.00153. The van der Waals surface area contributed by atoms with Crippen molar-refractivity contribution in [3.8, 4) is 0 Å². The molecule has 1 spiro atoms. The Hall–Kier alpha value is -4.13. The third-order valence-electron chi connectivity index (χ3n) is 9.50. The molecule has 0 radical (unpaired) electrons. The zero-order chi connectivity index (χ0) is 29.1. The Kier molecular flexibility index (Phi) is 8.00. The first-order valence-electron chi connectivity index (χ1n) is 15.2. The molecule has 0 aromatic heterocycles. The summed E-state index contributed by atoms with van der Waals surface area (Å²) in [7, 11) is 0. The lowest BCUT2D eigenvalue weighted by atomic mass is 9.85. The largest absolute Gasteiger partial charge is 0.341 e. The number of hydrogen-bond acceptors (Lipinski definition) is 4. The molecule has 3 heterocycles. The van der Waals surface area contributed by atoms with Crippen LogP contribution in [0, 0.1) is 12.8 Å². The molecule has 0 N–H and O–H groups in total. The van der Waals surface area contributed by atoms with Crippen LogP contribution in [-0.2, 0) is 16.0 Å². The quantitative estimate of drug-likeness (QED) is 0.433. The lowest BCUT2D eigenvalue weighted by molar-refractivity contribution is -0.141. The molecule has 3 amide bonds. The molecule has 0 unspecified atom stereocenters. The summed E-state index contributed by atoms with van der Waals surface area (Å²) in [6, 6.07) is 28.2. The summed E-state index contributed by atoms with van der Waals surface area (Å²) in [5.41, 5.74) is 3.24. The molecule has 0 aliphatic carbocycles. The van der Waals surface area contributed by atoms with Crippen molar-refractivity contribution in [1.29, 1.82) is 0 Å². The van der Waals surface area contributed by atoms with Gasteiger partial charge in [-0.15, -0.1) is 0 Å². The third kappa shape index (κ3) is 5.52. The van der Waals surface area contributed by atoms with Crippen LogP contribution in [0.2, 0.25) is 0 Å². The highest BCUT2D eigenvalue weighted by Gasteiger charge is 2.54. The molecule has 0 atom stereocenters. The smallest absolute Gasteiger partial charge is 0.254 e. The van der Waals surface area contributed by atoms with Gasteiger partial charge in [0, 0.05) is 37.4 Å². The molecule has 7 heteroatoms. The van der Waals surface area contributed by atoms with Crippen molar-refractivity contribution in [3.63, 3.8) is 0 Å². The average molecular weight is 565 g/mol. The fourth-order valence-corrected chi connectivity index (χ4v) is 6.98. The van der Waals surface area contributed by atoms with E-state index in [1.54, 1.807) is 4.90 Å². The number of aryl methyl sites for hydroxylation is 1. The number of carbonyl (C=O) groups is 3. The number of nitrogens with zero attached hydrogens (tertiary/aromatic N) is 4. The Labute approximate surface area is 248 Å². The number of likely N-dealkylation sites (tertiary alicyclic amines) is 2. The molecule has 6 rings (SSSR count). The lowest BCUT2D eigenvalue weighted by Crippen LogP contribution is -2.57. The minimum atomic E-state index is -0.757. The highest BCUT2D eigenvalue weighted by atomic mass is 16.2. The van der Waals surface area contributed by atoms with Crippen molar-refractivity contribution in [2.24, 2.45) is 5.92 Å². The maximum Gasteiger partial charge on any atom is 0.254 e. The third-order valence-corrected chi connectivity index (χ3v) is 9.50. The summed E-state index contributed by atoms with van der Waals surface area (Å²) < 4.78 is 0. The highest BCUT2D eigenvalue weighted by Crippen LogP contribution is 2.40. The number of para-hydroxylation sites is 1. The summed E-state index contributed by atoms with van der Waals surface area (Å²) in [5, 5.41) is 0. The molecule has 0 saturated carbocycles. The zero-order valence-electron chi connectivity index (χ0n) is 24.5. The van der Waals surface area contributed by atoms with Crippen LogP contribution in [-0.4, -0.2) is 77.4 Å². The molecule has 3 aliphatic rings. The molecule has 3 aliphatic heterocycles. The summed E-state index contributed by atoms with van der Waals surface area (Å²) in [4.78, 5) is 48.7. The monoisotopic (exact) mass is 564 g/mol. The van der Waals surface area contributed by atoms with E-state index >= 15 is 0 Å².